The number of nitrogens with one attached hydrogen (secondary N) is 2. The zero-order valence-corrected chi connectivity index (χ0v) is 9.19. The molecule has 0 fully saturated rings. The molecule has 0 aliphatic carbocycles. The van der Waals surface area contributed by atoms with Gasteiger partial charge in [-0.05, 0) is 6.92 Å². The Hall–Kier alpha value is -1.89. The van der Waals surface area contributed by atoms with Gasteiger partial charge in [-0.25, -0.2) is 0 Å². The molecule has 0 unspecified atom stereocenters. The fourth-order valence-corrected chi connectivity index (χ4v) is 1.49. The monoisotopic (exact) mass is 240 g/mol. The molecule has 16 heavy (non-hydrogen) atoms. The number of aromatic nitrogens is 5. The van der Waals surface area contributed by atoms with Crippen molar-refractivity contribution in [2.75, 3.05) is 5.32 Å². The van der Waals surface area contributed by atoms with Crippen LogP contribution in [0.4, 0.5) is 5.82 Å². The number of amides is 1. The highest BCUT2D eigenvalue weighted by Gasteiger charge is 2.17. The molecule has 2 N–H and O–H groups in total. The molecule has 0 saturated heterocycles. The lowest BCUT2D eigenvalue weighted by molar-refractivity contribution is 0.101. The molecule has 2 heterocycles. The highest BCUT2D eigenvalue weighted by atomic mass is 35.5. The average molecular weight is 241 g/mol. The average Bonchev–Trinajstić information content (AvgIpc) is 2.87. The molecule has 0 saturated carbocycles. The number of anilines is 1. The van der Waals surface area contributed by atoms with Gasteiger partial charge < -0.3 is 5.32 Å². The van der Waals surface area contributed by atoms with Crippen molar-refractivity contribution in [2.45, 2.75) is 13.5 Å². The van der Waals surface area contributed by atoms with Crippen molar-refractivity contribution in [3.63, 3.8) is 0 Å². The third-order valence-electron chi connectivity index (χ3n) is 1.97. The number of H-pyrrole nitrogens is 1. The molecule has 0 radical (unpaired) electrons. The minimum Gasteiger partial charge on any atom is -0.302 e. The first-order chi connectivity index (χ1) is 7.72. The lowest BCUT2D eigenvalue weighted by Gasteiger charge is -2.04. The second kappa shape index (κ2) is 4.31. The number of halogens is 1. The third-order valence-corrected chi connectivity index (χ3v) is 2.24. The van der Waals surface area contributed by atoms with E-state index in [1.165, 1.54) is 17.1 Å². The summed E-state index contributed by atoms with van der Waals surface area (Å²) in [6, 6.07) is 0. The highest BCUT2D eigenvalue weighted by Crippen LogP contribution is 2.16. The van der Waals surface area contributed by atoms with Gasteiger partial charge in [-0.2, -0.15) is 15.4 Å². The molecule has 0 atom stereocenters. The number of carbonyl (C=O) groups excluding carboxylic acids is 1. The maximum absolute atomic E-state index is 11.8. The van der Waals surface area contributed by atoms with Crippen LogP contribution in [0.5, 0.6) is 0 Å². The van der Waals surface area contributed by atoms with E-state index in [4.69, 9.17) is 11.6 Å². The SMILES string of the molecule is CCn1ncc(Cl)c1C(=O)Nc1cn[nH]n1. The van der Waals surface area contributed by atoms with Gasteiger partial charge in [0.25, 0.3) is 5.91 Å². The van der Waals surface area contributed by atoms with Gasteiger partial charge in [-0.15, -0.1) is 5.10 Å². The van der Waals surface area contributed by atoms with Crippen molar-refractivity contribution in [1.29, 1.82) is 0 Å². The molecule has 0 spiro atoms. The second-order valence-electron chi connectivity index (χ2n) is 2.97. The van der Waals surface area contributed by atoms with Crippen LogP contribution in [0.1, 0.15) is 17.4 Å². The largest absolute Gasteiger partial charge is 0.302 e. The molecule has 1 amide bonds. The maximum atomic E-state index is 11.8. The molecular formula is C8H9ClN6O. The van der Waals surface area contributed by atoms with E-state index in [-0.39, 0.29) is 5.91 Å². The molecule has 8 heteroatoms. The van der Waals surface area contributed by atoms with Crippen molar-refractivity contribution in [2.24, 2.45) is 0 Å². The first-order valence-electron chi connectivity index (χ1n) is 4.60. The van der Waals surface area contributed by atoms with Gasteiger partial charge >= 0.3 is 0 Å². The first-order valence-corrected chi connectivity index (χ1v) is 4.98. The Kier molecular flexibility index (Phi) is 2.86. The normalized spacial score (nSPS) is 10.4. The Balaban J connectivity index is 2.23. The van der Waals surface area contributed by atoms with Gasteiger partial charge in [0.15, 0.2) is 5.82 Å². The Morgan fingerprint density at radius 3 is 3.06 bits per heavy atom. The van der Waals surface area contributed by atoms with Crippen LogP contribution in [-0.2, 0) is 6.54 Å². The lowest BCUT2D eigenvalue weighted by atomic mass is 10.4. The van der Waals surface area contributed by atoms with Crippen LogP contribution in [-0.4, -0.2) is 31.1 Å². The van der Waals surface area contributed by atoms with Crippen LogP contribution in [0.25, 0.3) is 0 Å². The highest BCUT2D eigenvalue weighted by molar-refractivity contribution is 6.34. The van der Waals surface area contributed by atoms with Crippen molar-refractivity contribution in [1.82, 2.24) is 25.2 Å². The molecule has 2 aromatic rings. The van der Waals surface area contributed by atoms with Crippen molar-refractivity contribution in [3.8, 4) is 0 Å². The van der Waals surface area contributed by atoms with Crippen molar-refractivity contribution < 1.29 is 4.79 Å². The zero-order chi connectivity index (χ0) is 11.5. The molecule has 2 aromatic heterocycles. The number of aromatic amines is 1. The fraction of sp³-hybridized carbons (Fsp3) is 0.250. The minimum absolute atomic E-state index is 0.308. The lowest BCUT2D eigenvalue weighted by Crippen LogP contribution is -2.18. The quantitative estimate of drug-likeness (QED) is 0.835. The number of aryl methyl sites for hydroxylation is 1. The summed E-state index contributed by atoms with van der Waals surface area (Å²) in [6.07, 6.45) is 2.83. The molecule has 84 valence electrons. The van der Waals surface area contributed by atoms with Gasteiger partial charge in [0.05, 0.1) is 17.4 Å². The molecule has 0 aromatic carbocycles. The van der Waals surface area contributed by atoms with E-state index in [0.29, 0.717) is 23.1 Å². The van der Waals surface area contributed by atoms with Gasteiger partial charge in [0.2, 0.25) is 0 Å². The summed E-state index contributed by atoms with van der Waals surface area (Å²) in [7, 11) is 0. The molecular weight excluding hydrogens is 232 g/mol. The number of hydrogen-bond donors (Lipinski definition) is 2. The summed E-state index contributed by atoms with van der Waals surface area (Å²) in [5.74, 6) is -0.0248. The predicted molar refractivity (Wildman–Crippen MR) is 57.2 cm³/mol. The van der Waals surface area contributed by atoms with E-state index >= 15 is 0 Å². The van der Waals surface area contributed by atoms with E-state index in [1.54, 1.807) is 0 Å². The molecule has 0 aliphatic heterocycles. The van der Waals surface area contributed by atoms with Crippen LogP contribution in [0.15, 0.2) is 12.4 Å². The van der Waals surface area contributed by atoms with E-state index in [1.807, 2.05) is 6.92 Å². The Bertz CT molecular complexity index is 491. The van der Waals surface area contributed by atoms with Crippen molar-refractivity contribution in [3.05, 3.63) is 23.1 Å². The van der Waals surface area contributed by atoms with Crippen LogP contribution in [0.3, 0.4) is 0 Å². The third kappa shape index (κ3) is 1.89. The van der Waals surface area contributed by atoms with Gasteiger partial charge in [-0.1, -0.05) is 11.6 Å². The van der Waals surface area contributed by atoms with E-state index in [0.717, 1.165) is 0 Å². The van der Waals surface area contributed by atoms with E-state index < -0.39 is 0 Å². The Morgan fingerprint density at radius 1 is 1.62 bits per heavy atom. The summed E-state index contributed by atoms with van der Waals surface area (Å²) in [6.45, 7) is 2.44. The molecule has 0 bridgehead atoms. The van der Waals surface area contributed by atoms with Crippen LogP contribution >= 0.6 is 11.6 Å². The first kappa shape index (κ1) is 10.6. The number of rotatable bonds is 3. The van der Waals surface area contributed by atoms with Gasteiger partial charge in [0, 0.05) is 6.54 Å². The van der Waals surface area contributed by atoms with Crippen molar-refractivity contribution >= 4 is 23.3 Å². The van der Waals surface area contributed by atoms with E-state index in [9.17, 15) is 4.79 Å². The molecule has 2 rings (SSSR count). The van der Waals surface area contributed by atoms with Gasteiger partial charge in [-0.3, -0.25) is 9.48 Å². The Morgan fingerprint density at radius 2 is 2.44 bits per heavy atom. The Labute approximate surface area is 95.8 Å². The maximum Gasteiger partial charge on any atom is 0.276 e. The summed E-state index contributed by atoms with van der Waals surface area (Å²) in [5, 5.41) is 16.5. The standard InChI is InChI=1S/C8H9ClN6O/c1-2-15-7(5(9)3-11-15)8(16)12-6-4-10-14-13-6/h3-4H,2H2,1H3,(H2,10,12,13,14,16). The summed E-state index contributed by atoms with van der Waals surface area (Å²) >= 11 is 5.87. The topological polar surface area (TPSA) is 88.5 Å². The molecule has 0 aliphatic rings. The number of hydrogen-bond acceptors (Lipinski definition) is 4. The fourth-order valence-electron chi connectivity index (χ4n) is 1.27. The second-order valence-corrected chi connectivity index (χ2v) is 3.37. The number of nitrogens with zero attached hydrogens (tertiary/aromatic N) is 4. The predicted octanol–water partition coefficient (Wildman–Crippen LogP) is 0.927. The van der Waals surface area contributed by atoms with Crippen LogP contribution < -0.4 is 5.32 Å². The smallest absolute Gasteiger partial charge is 0.276 e. The van der Waals surface area contributed by atoms with Gasteiger partial charge in [0.1, 0.15) is 5.69 Å². The van der Waals surface area contributed by atoms with Crippen LogP contribution in [0.2, 0.25) is 5.02 Å². The van der Waals surface area contributed by atoms with E-state index in [2.05, 4.69) is 25.8 Å². The summed E-state index contributed by atoms with van der Waals surface area (Å²) < 4.78 is 1.51. The minimum atomic E-state index is -0.363. The number of carbonyl (C=O) groups is 1. The van der Waals surface area contributed by atoms with Crippen LogP contribution in [0, 0.1) is 0 Å². The zero-order valence-electron chi connectivity index (χ0n) is 8.44. The summed E-state index contributed by atoms with van der Waals surface area (Å²) in [4.78, 5) is 11.8. The molecule has 7 nitrogen and oxygen atoms in total. The summed E-state index contributed by atoms with van der Waals surface area (Å²) in [5.41, 5.74) is 0.312.